The number of aromatic nitrogens is 1. The molecule has 84 valence electrons. The fourth-order valence-corrected chi connectivity index (χ4v) is 1.46. The van der Waals surface area contributed by atoms with Gasteiger partial charge < -0.3 is 4.90 Å². The number of rotatable bonds is 4. The molecule has 2 nitrogen and oxygen atoms in total. The second-order valence-corrected chi connectivity index (χ2v) is 4.79. The predicted octanol–water partition coefficient (Wildman–Crippen LogP) is 3.12. The van der Waals surface area contributed by atoms with E-state index in [2.05, 4.69) is 62.8 Å². The molecule has 0 aromatic carbocycles. The van der Waals surface area contributed by atoms with Gasteiger partial charge in [-0.05, 0) is 38.3 Å². The Balaban J connectivity index is 2.82. The van der Waals surface area contributed by atoms with Crippen LogP contribution >= 0.6 is 0 Å². The standard InChI is InChI=1S/C13H22N2/c1-10(2)9-12-7-6-8-13(14-12)15(5)11(3)4/h6-8,10-11H,9H2,1-5H3. The largest absolute Gasteiger partial charge is 0.357 e. The first-order chi connectivity index (χ1) is 7.00. The zero-order valence-electron chi connectivity index (χ0n) is 10.5. The number of hydrogen-bond acceptors (Lipinski definition) is 2. The van der Waals surface area contributed by atoms with Gasteiger partial charge in [0.05, 0.1) is 0 Å². The fourth-order valence-electron chi connectivity index (χ4n) is 1.46. The minimum absolute atomic E-state index is 0.492. The van der Waals surface area contributed by atoms with Crippen molar-refractivity contribution in [2.75, 3.05) is 11.9 Å². The SMILES string of the molecule is CC(C)Cc1cccc(N(C)C(C)C)n1. The van der Waals surface area contributed by atoms with E-state index in [1.807, 2.05) is 0 Å². The second-order valence-electron chi connectivity index (χ2n) is 4.79. The molecule has 0 aliphatic rings. The molecule has 0 spiro atoms. The average molecular weight is 206 g/mol. The van der Waals surface area contributed by atoms with Gasteiger partial charge in [-0.3, -0.25) is 0 Å². The highest BCUT2D eigenvalue weighted by Gasteiger charge is 2.07. The fraction of sp³-hybridized carbons (Fsp3) is 0.615. The summed E-state index contributed by atoms with van der Waals surface area (Å²) in [4.78, 5) is 6.86. The molecular formula is C13H22N2. The van der Waals surface area contributed by atoms with Crippen molar-refractivity contribution < 1.29 is 0 Å². The lowest BCUT2D eigenvalue weighted by Crippen LogP contribution is -2.26. The number of pyridine rings is 1. The summed E-state index contributed by atoms with van der Waals surface area (Å²) in [5, 5.41) is 0. The Morgan fingerprint density at radius 3 is 2.40 bits per heavy atom. The van der Waals surface area contributed by atoms with E-state index in [0.29, 0.717) is 12.0 Å². The van der Waals surface area contributed by atoms with Crippen molar-refractivity contribution in [2.45, 2.75) is 40.2 Å². The Kier molecular flexibility index (Phi) is 4.13. The van der Waals surface area contributed by atoms with Crippen LogP contribution in [0.3, 0.4) is 0 Å². The van der Waals surface area contributed by atoms with Gasteiger partial charge in [0.2, 0.25) is 0 Å². The van der Waals surface area contributed by atoms with Gasteiger partial charge in [-0.2, -0.15) is 0 Å². The van der Waals surface area contributed by atoms with E-state index < -0.39 is 0 Å². The van der Waals surface area contributed by atoms with Crippen LogP contribution in [-0.2, 0) is 6.42 Å². The van der Waals surface area contributed by atoms with Crippen LogP contribution in [0, 0.1) is 5.92 Å². The van der Waals surface area contributed by atoms with E-state index in [1.54, 1.807) is 0 Å². The maximum absolute atomic E-state index is 4.66. The first-order valence-electron chi connectivity index (χ1n) is 5.69. The summed E-state index contributed by atoms with van der Waals surface area (Å²) >= 11 is 0. The van der Waals surface area contributed by atoms with E-state index in [1.165, 1.54) is 5.69 Å². The lowest BCUT2D eigenvalue weighted by Gasteiger charge is -2.23. The van der Waals surface area contributed by atoms with Crippen LogP contribution in [0.2, 0.25) is 0 Å². The van der Waals surface area contributed by atoms with Gasteiger partial charge in [-0.15, -0.1) is 0 Å². The maximum atomic E-state index is 4.66. The lowest BCUT2D eigenvalue weighted by molar-refractivity contribution is 0.633. The Morgan fingerprint density at radius 2 is 1.87 bits per heavy atom. The molecular weight excluding hydrogens is 184 g/mol. The molecule has 0 N–H and O–H groups in total. The Bertz CT molecular complexity index is 305. The van der Waals surface area contributed by atoms with Crippen molar-refractivity contribution in [3.05, 3.63) is 23.9 Å². The number of hydrogen-bond donors (Lipinski definition) is 0. The van der Waals surface area contributed by atoms with Gasteiger partial charge in [0.15, 0.2) is 0 Å². The molecule has 0 aliphatic heterocycles. The molecule has 2 heteroatoms. The predicted molar refractivity (Wildman–Crippen MR) is 66.3 cm³/mol. The van der Waals surface area contributed by atoms with Gasteiger partial charge in [0.1, 0.15) is 5.82 Å². The third-order valence-electron chi connectivity index (χ3n) is 2.55. The molecule has 0 fully saturated rings. The van der Waals surface area contributed by atoms with E-state index in [4.69, 9.17) is 0 Å². The maximum Gasteiger partial charge on any atom is 0.128 e. The summed E-state index contributed by atoms with van der Waals surface area (Å²) in [6, 6.07) is 6.77. The molecule has 0 saturated heterocycles. The number of nitrogens with zero attached hydrogens (tertiary/aromatic N) is 2. The summed E-state index contributed by atoms with van der Waals surface area (Å²) in [5.41, 5.74) is 1.19. The van der Waals surface area contributed by atoms with Crippen molar-refractivity contribution in [1.29, 1.82) is 0 Å². The van der Waals surface area contributed by atoms with Gasteiger partial charge in [0.25, 0.3) is 0 Å². The molecule has 0 amide bonds. The Hall–Kier alpha value is -1.05. The highest BCUT2D eigenvalue weighted by molar-refractivity contribution is 5.39. The van der Waals surface area contributed by atoms with Gasteiger partial charge in [-0.1, -0.05) is 19.9 Å². The van der Waals surface area contributed by atoms with Gasteiger partial charge in [-0.25, -0.2) is 4.98 Å². The molecule has 1 heterocycles. The minimum Gasteiger partial charge on any atom is -0.357 e. The first-order valence-corrected chi connectivity index (χ1v) is 5.69. The lowest BCUT2D eigenvalue weighted by atomic mass is 10.1. The Labute approximate surface area is 93.3 Å². The summed E-state index contributed by atoms with van der Waals surface area (Å²) in [5.74, 6) is 1.74. The molecule has 0 aliphatic carbocycles. The van der Waals surface area contributed by atoms with Crippen molar-refractivity contribution in [3.8, 4) is 0 Å². The highest BCUT2D eigenvalue weighted by atomic mass is 15.2. The molecule has 0 atom stereocenters. The third kappa shape index (κ3) is 3.54. The minimum atomic E-state index is 0.492. The smallest absolute Gasteiger partial charge is 0.128 e. The zero-order chi connectivity index (χ0) is 11.4. The summed E-state index contributed by atoms with van der Waals surface area (Å²) < 4.78 is 0. The van der Waals surface area contributed by atoms with E-state index in [-0.39, 0.29) is 0 Å². The Morgan fingerprint density at radius 1 is 1.20 bits per heavy atom. The van der Waals surface area contributed by atoms with Crippen LogP contribution in [0.1, 0.15) is 33.4 Å². The van der Waals surface area contributed by atoms with Crippen molar-refractivity contribution >= 4 is 5.82 Å². The molecule has 1 aromatic heterocycles. The molecule has 0 radical (unpaired) electrons. The van der Waals surface area contributed by atoms with Crippen molar-refractivity contribution in [2.24, 2.45) is 5.92 Å². The quantitative estimate of drug-likeness (QED) is 0.752. The summed E-state index contributed by atoms with van der Waals surface area (Å²) in [6.07, 6.45) is 1.06. The molecule has 0 bridgehead atoms. The van der Waals surface area contributed by atoms with Crippen molar-refractivity contribution in [3.63, 3.8) is 0 Å². The molecule has 1 rings (SSSR count). The van der Waals surface area contributed by atoms with Crippen LogP contribution < -0.4 is 4.90 Å². The highest BCUT2D eigenvalue weighted by Crippen LogP contribution is 2.14. The molecule has 1 aromatic rings. The van der Waals surface area contributed by atoms with Crippen LogP contribution in [-0.4, -0.2) is 18.1 Å². The first kappa shape index (κ1) is 12.0. The van der Waals surface area contributed by atoms with Gasteiger partial charge in [0, 0.05) is 18.8 Å². The van der Waals surface area contributed by atoms with E-state index >= 15 is 0 Å². The number of anilines is 1. The van der Waals surface area contributed by atoms with Crippen LogP contribution in [0.25, 0.3) is 0 Å². The second kappa shape index (κ2) is 5.15. The van der Waals surface area contributed by atoms with Crippen LogP contribution in [0.15, 0.2) is 18.2 Å². The van der Waals surface area contributed by atoms with Crippen LogP contribution in [0.5, 0.6) is 0 Å². The average Bonchev–Trinajstić information content (AvgIpc) is 2.16. The van der Waals surface area contributed by atoms with E-state index in [9.17, 15) is 0 Å². The zero-order valence-corrected chi connectivity index (χ0v) is 10.5. The monoisotopic (exact) mass is 206 g/mol. The summed E-state index contributed by atoms with van der Waals surface area (Å²) in [7, 11) is 2.09. The van der Waals surface area contributed by atoms with Gasteiger partial charge >= 0.3 is 0 Å². The molecule has 0 saturated carbocycles. The third-order valence-corrected chi connectivity index (χ3v) is 2.55. The van der Waals surface area contributed by atoms with Crippen molar-refractivity contribution in [1.82, 2.24) is 4.98 Å². The molecule has 0 unspecified atom stereocenters. The van der Waals surface area contributed by atoms with E-state index in [0.717, 1.165) is 12.2 Å². The summed E-state index contributed by atoms with van der Waals surface area (Å²) in [6.45, 7) is 8.80. The molecule has 15 heavy (non-hydrogen) atoms. The normalized spacial score (nSPS) is 11.1. The topological polar surface area (TPSA) is 16.1 Å². The van der Waals surface area contributed by atoms with Crippen LogP contribution in [0.4, 0.5) is 5.82 Å².